The second kappa shape index (κ2) is 7.41. The normalized spacial score (nSPS) is 11.7. The van der Waals surface area contributed by atoms with Crippen molar-refractivity contribution in [1.29, 1.82) is 0 Å². The van der Waals surface area contributed by atoms with Crippen LogP contribution >= 0.6 is 34.8 Å². The Hall–Kier alpha value is -1.47. The number of rotatable bonds is 3. The molecule has 0 fully saturated rings. The van der Waals surface area contributed by atoms with Gasteiger partial charge in [-0.2, -0.15) is 0 Å². The average Bonchev–Trinajstić information content (AvgIpc) is 2.79. The Balaban J connectivity index is 2.53. The van der Waals surface area contributed by atoms with Crippen LogP contribution < -0.4 is 10.7 Å². The summed E-state index contributed by atoms with van der Waals surface area (Å²) >= 11 is 18.7. The summed E-state index contributed by atoms with van der Waals surface area (Å²) in [6.07, 6.45) is 0. The number of carbonyl (C=O) groups excluding carboxylic acids is 1. The molecule has 136 valence electrons. The summed E-state index contributed by atoms with van der Waals surface area (Å²) in [6.45, 7) is 6.09. The molecule has 0 aliphatic rings. The van der Waals surface area contributed by atoms with E-state index < -0.39 is 6.03 Å². The van der Waals surface area contributed by atoms with Gasteiger partial charge in [0.05, 0.1) is 15.7 Å². The maximum Gasteiger partial charge on any atom is 0.334 e. The Morgan fingerprint density at radius 3 is 2.16 bits per heavy atom. The number of nitrogens with zero attached hydrogens (tertiary/aromatic N) is 3. The Bertz CT molecular complexity index is 773. The van der Waals surface area contributed by atoms with Crippen molar-refractivity contribution in [3.63, 3.8) is 0 Å². The lowest BCUT2D eigenvalue weighted by Crippen LogP contribution is -2.39. The number of amides is 2. The molecule has 0 aliphatic heterocycles. The Labute approximate surface area is 162 Å². The van der Waals surface area contributed by atoms with E-state index in [2.05, 4.69) is 15.8 Å². The van der Waals surface area contributed by atoms with Crippen molar-refractivity contribution in [3.8, 4) is 5.69 Å². The smallest absolute Gasteiger partial charge is 0.290 e. The van der Waals surface area contributed by atoms with E-state index in [1.54, 1.807) is 37.0 Å². The van der Waals surface area contributed by atoms with Crippen LogP contribution in [-0.2, 0) is 5.41 Å². The zero-order valence-electron chi connectivity index (χ0n) is 14.6. The lowest BCUT2D eigenvalue weighted by molar-refractivity contribution is 0.224. The van der Waals surface area contributed by atoms with Crippen molar-refractivity contribution >= 4 is 46.7 Å². The van der Waals surface area contributed by atoms with E-state index >= 15 is 0 Å². The van der Waals surface area contributed by atoms with E-state index in [-0.39, 0.29) is 5.41 Å². The number of halogens is 3. The Kier molecular flexibility index (Phi) is 5.89. The molecule has 0 bridgehead atoms. The van der Waals surface area contributed by atoms with Crippen LogP contribution in [0.25, 0.3) is 5.69 Å². The first-order chi connectivity index (χ1) is 11.5. The van der Waals surface area contributed by atoms with Crippen LogP contribution in [0.5, 0.6) is 0 Å². The van der Waals surface area contributed by atoms with Crippen molar-refractivity contribution in [3.05, 3.63) is 39.0 Å². The SMILES string of the molecule is CN(C)NC(=O)Nc1cc(C(C)(C)C)n(-c2c(Cl)cc(Cl)cc2Cl)n1. The van der Waals surface area contributed by atoms with Gasteiger partial charge >= 0.3 is 6.03 Å². The highest BCUT2D eigenvalue weighted by Gasteiger charge is 2.25. The minimum Gasteiger partial charge on any atom is -0.290 e. The molecule has 0 unspecified atom stereocenters. The summed E-state index contributed by atoms with van der Waals surface area (Å²) in [7, 11) is 3.43. The first-order valence-electron chi connectivity index (χ1n) is 7.49. The third-order valence-corrected chi connectivity index (χ3v) is 4.03. The summed E-state index contributed by atoms with van der Waals surface area (Å²) in [5, 5.41) is 9.86. The summed E-state index contributed by atoms with van der Waals surface area (Å²) in [5.41, 5.74) is 3.67. The maximum atomic E-state index is 11.9. The van der Waals surface area contributed by atoms with E-state index in [1.807, 2.05) is 20.8 Å². The Morgan fingerprint density at radius 1 is 1.12 bits per heavy atom. The molecular weight excluding hydrogens is 385 g/mol. The summed E-state index contributed by atoms with van der Waals surface area (Å²) < 4.78 is 1.63. The van der Waals surface area contributed by atoms with Crippen molar-refractivity contribution in [2.45, 2.75) is 26.2 Å². The highest BCUT2D eigenvalue weighted by atomic mass is 35.5. The number of anilines is 1. The fourth-order valence-electron chi connectivity index (χ4n) is 2.23. The quantitative estimate of drug-likeness (QED) is 0.727. The predicted octanol–water partition coefficient (Wildman–Crippen LogP) is 4.73. The van der Waals surface area contributed by atoms with Crippen LogP contribution in [0.1, 0.15) is 26.5 Å². The van der Waals surface area contributed by atoms with Crippen LogP contribution in [0, 0.1) is 0 Å². The molecule has 1 aromatic carbocycles. The average molecular weight is 405 g/mol. The minimum absolute atomic E-state index is 0.267. The molecule has 6 nitrogen and oxygen atoms in total. The molecule has 2 aromatic rings. The van der Waals surface area contributed by atoms with Gasteiger partial charge in [0.1, 0.15) is 5.69 Å². The van der Waals surface area contributed by atoms with E-state index in [4.69, 9.17) is 34.8 Å². The Morgan fingerprint density at radius 2 is 1.68 bits per heavy atom. The highest BCUT2D eigenvalue weighted by Crippen LogP contribution is 2.36. The number of urea groups is 1. The molecule has 1 heterocycles. The van der Waals surface area contributed by atoms with Crippen LogP contribution in [0.4, 0.5) is 10.6 Å². The molecule has 0 aliphatic carbocycles. The molecule has 2 N–H and O–H groups in total. The summed E-state index contributed by atoms with van der Waals surface area (Å²) in [4.78, 5) is 11.9. The molecule has 2 rings (SSSR count). The second-order valence-electron chi connectivity index (χ2n) is 6.76. The number of benzene rings is 1. The van der Waals surface area contributed by atoms with Crippen LogP contribution in [0.15, 0.2) is 18.2 Å². The van der Waals surface area contributed by atoms with Gasteiger partial charge in [-0.1, -0.05) is 55.6 Å². The van der Waals surface area contributed by atoms with E-state index in [9.17, 15) is 4.79 Å². The van der Waals surface area contributed by atoms with Gasteiger partial charge in [-0.05, 0) is 12.1 Å². The molecule has 0 radical (unpaired) electrons. The number of hydrazine groups is 1. The van der Waals surface area contributed by atoms with Crippen LogP contribution in [0.2, 0.25) is 15.1 Å². The predicted molar refractivity (Wildman–Crippen MR) is 103 cm³/mol. The monoisotopic (exact) mass is 403 g/mol. The van der Waals surface area contributed by atoms with E-state index in [0.29, 0.717) is 26.6 Å². The van der Waals surface area contributed by atoms with Gasteiger partial charge in [0, 0.05) is 30.6 Å². The van der Waals surface area contributed by atoms with E-state index in [0.717, 1.165) is 5.69 Å². The fraction of sp³-hybridized carbons (Fsp3) is 0.375. The van der Waals surface area contributed by atoms with Crippen LogP contribution in [-0.4, -0.2) is 34.9 Å². The van der Waals surface area contributed by atoms with Gasteiger partial charge < -0.3 is 0 Å². The molecule has 1 aromatic heterocycles. The zero-order valence-corrected chi connectivity index (χ0v) is 16.9. The van der Waals surface area contributed by atoms with Crippen molar-refractivity contribution in [2.75, 3.05) is 19.4 Å². The highest BCUT2D eigenvalue weighted by molar-refractivity contribution is 6.40. The van der Waals surface area contributed by atoms with E-state index in [1.165, 1.54) is 5.01 Å². The topological polar surface area (TPSA) is 62.2 Å². The molecule has 0 spiro atoms. The van der Waals surface area contributed by atoms with Gasteiger partial charge in [-0.25, -0.2) is 14.5 Å². The first kappa shape index (κ1) is 19.8. The minimum atomic E-state index is -0.400. The molecule has 25 heavy (non-hydrogen) atoms. The van der Waals surface area contributed by atoms with Gasteiger partial charge in [-0.15, -0.1) is 5.10 Å². The molecule has 0 saturated carbocycles. The first-order valence-corrected chi connectivity index (χ1v) is 8.63. The zero-order chi connectivity index (χ0) is 18.9. The number of nitrogens with one attached hydrogen (secondary N) is 2. The molecule has 0 atom stereocenters. The number of aromatic nitrogens is 2. The number of hydrogen-bond donors (Lipinski definition) is 2. The van der Waals surface area contributed by atoms with Crippen molar-refractivity contribution < 1.29 is 4.79 Å². The summed E-state index contributed by atoms with van der Waals surface area (Å²) in [5.74, 6) is 0.381. The second-order valence-corrected chi connectivity index (χ2v) is 8.01. The third-order valence-electron chi connectivity index (χ3n) is 3.24. The lowest BCUT2D eigenvalue weighted by atomic mass is 9.92. The van der Waals surface area contributed by atoms with Gasteiger partial charge in [-0.3, -0.25) is 10.7 Å². The number of carbonyl (C=O) groups is 1. The van der Waals surface area contributed by atoms with Crippen molar-refractivity contribution in [1.82, 2.24) is 20.2 Å². The molecular formula is C16H20Cl3N5O. The van der Waals surface area contributed by atoms with Gasteiger partial charge in [0.25, 0.3) is 0 Å². The summed E-state index contributed by atoms with van der Waals surface area (Å²) in [6, 6.07) is 4.59. The molecule has 2 amide bonds. The maximum absolute atomic E-state index is 11.9. The number of hydrogen-bond acceptors (Lipinski definition) is 3. The third kappa shape index (κ3) is 4.79. The van der Waals surface area contributed by atoms with Gasteiger partial charge in [0.2, 0.25) is 0 Å². The molecule has 0 saturated heterocycles. The fourth-order valence-corrected chi connectivity index (χ4v) is 3.21. The standard InChI is InChI=1S/C16H20Cl3N5O/c1-16(2,3)12-8-13(20-15(25)22-23(4)5)21-24(12)14-10(18)6-9(17)7-11(14)19/h6-8H,1-5H3,(H2,20,21,22,25). The van der Waals surface area contributed by atoms with Gasteiger partial charge in [0.15, 0.2) is 5.82 Å². The van der Waals surface area contributed by atoms with Crippen LogP contribution in [0.3, 0.4) is 0 Å². The molecule has 9 heteroatoms. The largest absolute Gasteiger partial charge is 0.334 e. The van der Waals surface area contributed by atoms with Crippen molar-refractivity contribution in [2.24, 2.45) is 0 Å². The lowest BCUT2D eigenvalue weighted by Gasteiger charge is -2.21.